The van der Waals surface area contributed by atoms with Crippen LogP contribution < -0.4 is 5.32 Å². The Hall–Kier alpha value is -0.230. The summed E-state index contributed by atoms with van der Waals surface area (Å²) in [6.45, 7) is 2.37. The van der Waals surface area contributed by atoms with Crippen LogP contribution in [0.3, 0.4) is 0 Å². The summed E-state index contributed by atoms with van der Waals surface area (Å²) in [4.78, 5) is 5.02. The Balaban J connectivity index is 1.73. The molecule has 0 aromatic heterocycles. The summed E-state index contributed by atoms with van der Waals surface area (Å²) in [5.74, 6) is 1.99. The lowest BCUT2D eigenvalue weighted by atomic mass is 9.78. The highest BCUT2D eigenvalue weighted by molar-refractivity contribution is 14.1. The SMILES string of the molecule is CC1CCCC2(CSC(Nc3cccc(I)c3)=N2)C1. The molecule has 2 aliphatic rings. The summed E-state index contributed by atoms with van der Waals surface area (Å²) < 4.78 is 1.26. The van der Waals surface area contributed by atoms with E-state index in [1.807, 2.05) is 11.8 Å². The van der Waals surface area contributed by atoms with Crippen LogP contribution in [0.1, 0.15) is 32.6 Å². The van der Waals surface area contributed by atoms with Crippen molar-refractivity contribution >= 4 is 45.2 Å². The Bertz CT molecular complexity index is 503. The number of nitrogens with one attached hydrogen (secondary N) is 1. The molecule has 2 atom stereocenters. The number of rotatable bonds is 1. The van der Waals surface area contributed by atoms with Gasteiger partial charge in [0.05, 0.1) is 5.54 Å². The summed E-state index contributed by atoms with van der Waals surface area (Å²) in [6, 6.07) is 8.47. The van der Waals surface area contributed by atoms with Crippen molar-refractivity contribution < 1.29 is 0 Å². The maximum absolute atomic E-state index is 5.02. The van der Waals surface area contributed by atoms with Crippen LogP contribution in [0.4, 0.5) is 5.69 Å². The summed E-state index contributed by atoms with van der Waals surface area (Å²) in [5, 5.41) is 4.58. The minimum atomic E-state index is 0.229. The first kappa shape index (κ1) is 13.7. The molecule has 4 heteroatoms. The molecule has 0 amide bonds. The zero-order valence-corrected chi connectivity index (χ0v) is 14.1. The molecule has 0 bridgehead atoms. The molecule has 102 valence electrons. The summed E-state index contributed by atoms with van der Waals surface area (Å²) >= 11 is 4.23. The maximum atomic E-state index is 5.02. The molecule has 1 aromatic carbocycles. The first-order chi connectivity index (χ1) is 9.15. The van der Waals surface area contributed by atoms with Gasteiger partial charge < -0.3 is 5.32 Å². The quantitative estimate of drug-likeness (QED) is 0.705. The van der Waals surface area contributed by atoms with Gasteiger partial charge >= 0.3 is 0 Å². The Kier molecular flexibility index (Phi) is 4.08. The van der Waals surface area contributed by atoms with Crippen molar-refractivity contribution in [3.63, 3.8) is 0 Å². The van der Waals surface area contributed by atoms with Gasteiger partial charge in [-0.1, -0.05) is 37.6 Å². The number of thioether (sulfide) groups is 1. The smallest absolute Gasteiger partial charge is 0.161 e. The fourth-order valence-electron chi connectivity index (χ4n) is 3.10. The molecule has 1 N–H and O–H groups in total. The lowest BCUT2D eigenvalue weighted by Crippen LogP contribution is -2.33. The van der Waals surface area contributed by atoms with E-state index in [2.05, 4.69) is 59.1 Å². The molecule has 2 nitrogen and oxygen atoms in total. The topological polar surface area (TPSA) is 24.4 Å². The monoisotopic (exact) mass is 386 g/mol. The van der Waals surface area contributed by atoms with Crippen molar-refractivity contribution in [2.75, 3.05) is 11.1 Å². The number of hydrogen-bond acceptors (Lipinski definition) is 3. The molecule has 3 rings (SSSR count). The van der Waals surface area contributed by atoms with E-state index in [-0.39, 0.29) is 5.54 Å². The lowest BCUT2D eigenvalue weighted by Gasteiger charge is -2.33. The molecule has 19 heavy (non-hydrogen) atoms. The molecular formula is C15H19IN2S. The number of benzene rings is 1. The van der Waals surface area contributed by atoms with E-state index in [9.17, 15) is 0 Å². The van der Waals surface area contributed by atoms with E-state index < -0.39 is 0 Å². The number of nitrogens with zero attached hydrogens (tertiary/aromatic N) is 1. The molecule has 1 aliphatic carbocycles. The Morgan fingerprint density at radius 2 is 2.37 bits per heavy atom. The zero-order chi connectivity index (χ0) is 13.3. The third kappa shape index (κ3) is 3.27. The second-order valence-electron chi connectivity index (χ2n) is 5.77. The van der Waals surface area contributed by atoms with Gasteiger partial charge in [-0.15, -0.1) is 0 Å². The van der Waals surface area contributed by atoms with Crippen LogP contribution in [0, 0.1) is 9.49 Å². The van der Waals surface area contributed by atoms with Gasteiger partial charge in [0.25, 0.3) is 0 Å². The van der Waals surface area contributed by atoms with E-state index in [0.29, 0.717) is 0 Å². The highest BCUT2D eigenvalue weighted by Crippen LogP contribution is 2.42. The number of hydrogen-bond donors (Lipinski definition) is 1. The fraction of sp³-hybridized carbons (Fsp3) is 0.533. The third-order valence-electron chi connectivity index (χ3n) is 3.96. The Morgan fingerprint density at radius 1 is 1.47 bits per heavy atom. The van der Waals surface area contributed by atoms with E-state index in [1.165, 1.54) is 29.3 Å². The molecule has 0 radical (unpaired) electrons. The van der Waals surface area contributed by atoms with Gasteiger partial charge in [0, 0.05) is 15.0 Å². The van der Waals surface area contributed by atoms with Gasteiger partial charge in [0.1, 0.15) is 0 Å². The second kappa shape index (κ2) is 5.64. The van der Waals surface area contributed by atoms with Crippen molar-refractivity contribution in [1.82, 2.24) is 0 Å². The number of anilines is 1. The van der Waals surface area contributed by atoms with Crippen molar-refractivity contribution in [2.24, 2.45) is 10.9 Å². The fourth-order valence-corrected chi connectivity index (χ4v) is 4.82. The Labute approximate surface area is 133 Å². The zero-order valence-electron chi connectivity index (χ0n) is 11.2. The highest BCUT2D eigenvalue weighted by Gasteiger charge is 2.39. The maximum Gasteiger partial charge on any atom is 0.161 e. The third-order valence-corrected chi connectivity index (χ3v) is 5.78. The van der Waals surface area contributed by atoms with Crippen LogP contribution in [-0.4, -0.2) is 16.5 Å². The largest absolute Gasteiger partial charge is 0.335 e. The number of halogens is 1. The van der Waals surface area contributed by atoms with Crippen molar-refractivity contribution in [2.45, 2.75) is 38.1 Å². The number of amidine groups is 1. The predicted molar refractivity (Wildman–Crippen MR) is 93.0 cm³/mol. The first-order valence-corrected chi connectivity index (χ1v) is 8.97. The molecule has 1 spiro atoms. The Morgan fingerprint density at radius 3 is 3.16 bits per heavy atom. The van der Waals surface area contributed by atoms with Crippen LogP contribution in [0.25, 0.3) is 0 Å². The normalized spacial score (nSPS) is 30.4. The van der Waals surface area contributed by atoms with Gasteiger partial charge in [-0.3, -0.25) is 4.99 Å². The lowest BCUT2D eigenvalue weighted by molar-refractivity contribution is 0.266. The minimum absolute atomic E-state index is 0.229. The average Bonchev–Trinajstić information content (AvgIpc) is 2.71. The summed E-state index contributed by atoms with van der Waals surface area (Å²) in [7, 11) is 0. The highest BCUT2D eigenvalue weighted by atomic mass is 127. The molecule has 1 fully saturated rings. The molecule has 1 saturated carbocycles. The molecule has 0 saturated heterocycles. The van der Waals surface area contributed by atoms with E-state index in [4.69, 9.17) is 4.99 Å². The first-order valence-electron chi connectivity index (χ1n) is 6.90. The van der Waals surface area contributed by atoms with E-state index in [1.54, 1.807) is 0 Å². The van der Waals surface area contributed by atoms with Crippen LogP contribution in [0.2, 0.25) is 0 Å². The van der Waals surface area contributed by atoms with Crippen LogP contribution in [0.5, 0.6) is 0 Å². The van der Waals surface area contributed by atoms with Crippen LogP contribution in [-0.2, 0) is 0 Å². The average molecular weight is 386 g/mol. The van der Waals surface area contributed by atoms with Crippen molar-refractivity contribution in [3.8, 4) is 0 Å². The molecule has 1 aliphatic heterocycles. The van der Waals surface area contributed by atoms with Gasteiger partial charge in [0.15, 0.2) is 5.17 Å². The number of aliphatic imine (C=N–C) groups is 1. The summed E-state index contributed by atoms with van der Waals surface area (Å²) in [6.07, 6.45) is 5.24. The molecule has 2 unspecified atom stereocenters. The van der Waals surface area contributed by atoms with Gasteiger partial charge in [-0.25, -0.2) is 0 Å². The molecular weight excluding hydrogens is 367 g/mol. The molecule has 1 aromatic rings. The summed E-state index contributed by atoms with van der Waals surface area (Å²) in [5.41, 5.74) is 1.38. The molecule has 1 heterocycles. The van der Waals surface area contributed by atoms with E-state index >= 15 is 0 Å². The van der Waals surface area contributed by atoms with Crippen molar-refractivity contribution in [1.29, 1.82) is 0 Å². The second-order valence-corrected chi connectivity index (χ2v) is 7.98. The van der Waals surface area contributed by atoms with Crippen LogP contribution in [0.15, 0.2) is 29.3 Å². The van der Waals surface area contributed by atoms with Crippen LogP contribution >= 0.6 is 34.4 Å². The van der Waals surface area contributed by atoms with Crippen molar-refractivity contribution in [3.05, 3.63) is 27.8 Å². The predicted octanol–water partition coefficient (Wildman–Crippen LogP) is 4.75. The van der Waals surface area contributed by atoms with Gasteiger partial charge in [0.2, 0.25) is 0 Å². The van der Waals surface area contributed by atoms with Gasteiger partial charge in [-0.2, -0.15) is 0 Å². The minimum Gasteiger partial charge on any atom is -0.335 e. The van der Waals surface area contributed by atoms with Gasteiger partial charge in [-0.05, 0) is 59.5 Å². The van der Waals surface area contributed by atoms with E-state index in [0.717, 1.165) is 22.5 Å². The standard InChI is InChI=1S/C15H19IN2S/c1-11-4-3-7-15(9-11)10-19-14(18-15)17-13-6-2-5-12(16)8-13/h2,5-6,8,11H,3-4,7,9-10H2,1H3,(H,17,18).